The molecule has 1 aliphatic heterocycles. The first-order valence-corrected chi connectivity index (χ1v) is 8.93. The second kappa shape index (κ2) is 9.27. The van der Waals surface area contributed by atoms with E-state index in [1.807, 2.05) is 13.0 Å². The largest absolute Gasteiger partial charge is 0.378 e. The first-order chi connectivity index (χ1) is 13.5. The Labute approximate surface area is 161 Å². The lowest BCUT2D eigenvalue weighted by Gasteiger charge is -2.28. The molecule has 150 valence electrons. The summed E-state index contributed by atoms with van der Waals surface area (Å²) >= 11 is 0. The van der Waals surface area contributed by atoms with E-state index in [1.165, 1.54) is 0 Å². The first-order valence-electron chi connectivity index (χ1n) is 8.93. The van der Waals surface area contributed by atoms with Gasteiger partial charge in [-0.05, 0) is 19.1 Å². The fourth-order valence-electron chi connectivity index (χ4n) is 2.70. The lowest BCUT2D eigenvalue weighted by molar-refractivity contribution is 0.122. The maximum atomic E-state index is 13.5. The van der Waals surface area contributed by atoms with Gasteiger partial charge in [-0.25, -0.2) is 18.6 Å². The number of ether oxygens (including phenoxy) is 1. The van der Waals surface area contributed by atoms with Crippen molar-refractivity contribution in [3.8, 4) is 0 Å². The van der Waals surface area contributed by atoms with E-state index < -0.39 is 17.7 Å². The van der Waals surface area contributed by atoms with Crippen LogP contribution in [0.4, 0.5) is 31.0 Å². The topological polar surface area (TPSA) is 91.4 Å². The summed E-state index contributed by atoms with van der Waals surface area (Å²) < 4.78 is 32.0. The normalized spacial score (nSPS) is 13.9. The quantitative estimate of drug-likeness (QED) is 0.653. The predicted octanol–water partition coefficient (Wildman–Crippen LogP) is 2.13. The molecular weight excluding hydrogens is 370 g/mol. The van der Waals surface area contributed by atoms with Crippen LogP contribution in [0.3, 0.4) is 0 Å². The van der Waals surface area contributed by atoms with Crippen LogP contribution in [0, 0.1) is 18.6 Å². The average molecular weight is 392 g/mol. The van der Waals surface area contributed by atoms with Gasteiger partial charge in [-0.15, -0.1) is 0 Å². The first kappa shape index (κ1) is 19.7. The standard InChI is InChI=1S/C18H22F2N6O2/c1-12-10-16(26-6-8-28-9-7-26)25-17(23-12)21-4-5-22-18(27)24-15-11-13(19)2-3-14(15)20/h2-3,10-11H,4-9H2,1H3,(H,21,23,25)(H2,22,24,27). The Hall–Kier alpha value is -3.01. The number of nitrogens with zero attached hydrogens (tertiary/aromatic N) is 3. The molecule has 1 saturated heterocycles. The Morgan fingerprint density at radius 3 is 2.75 bits per heavy atom. The van der Waals surface area contributed by atoms with Crippen LogP contribution >= 0.6 is 0 Å². The molecular formula is C18H22F2N6O2. The van der Waals surface area contributed by atoms with Crippen molar-refractivity contribution < 1.29 is 18.3 Å². The van der Waals surface area contributed by atoms with E-state index in [9.17, 15) is 13.6 Å². The summed E-state index contributed by atoms with van der Waals surface area (Å²) in [7, 11) is 0. The van der Waals surface area contributed by atoms with Crippen LogP contribution in [-0.2, 0) is 4.74 Å². The molecule has 2 amide bonds. The number of urea groups is 1. The molecule has 1 aliphatic rings. The molecule has 28 heavy (non-hydrogen) atoms. The molecule has 3 rings (SSSR count). The van der Waals surface area contributed by atoms with Gasteiger partial charge in [0.1, 0.15) is 17.5 Å². The van der Waals surface area contributed by atoms with Crippen molar-refractivity contribution >= 4 is 23.5 Å². The molecule has 1 aromatic heterocycles. The number of amides is 2. The number of benzene rings is 1. The highest BCUT2D eigenvalue weighted by atomic mass is 19.1. The maximum absolute atomic E-state index is 13.5. The van der Waals surface area contributed by atoms with Crippen molar-refractivity contribution in [1.29, 1.82) is 0 Å². The summed E-state index contributed by atoms with van der Waals surface area (Å²) in [5, 5.41) is 7.87. The molecule has 0 saturated carbocycles. The van der Waals surface area contributed by atoms with Gasteiger partial charge in [-0.1, -0.05) is 0 Å². The van der Waals surface area contributed by atoms with E-state index in [0.717, 1.165) is 42.8 Å². The fraction of sp³-hybridized carbons (Fsp3) is 0.389. The molecule has 0 aliphatic carbocycles. The number of morpholine rings is 1. The second-order valence-electron chi connectivity index (χ2n) is 6.22. The highest BCUT2D eigenvalue weighted by molar-refractivity contribution is 5.89. The number of rotatable bonds is 6. The number of anilines is 3. The van der Waals surface area contributed by atoms with Gasteiger partial charge in [-0.3, -0.25) is 0 Å². The zero-order valence-corrected chi connectivity index (χ0v) is 15.5. The van der Waals surface area contributed by atoms with E-state index in [-0.39, 0.29) is 12.2 Å². The zero-order valence-electron chi connectivity index (χ0n) is 15.5. The van der Waals surface area contributed by atoms with Crippen molar-refractivity contribution in [3.63, 3.8) is 0 Å². The molecule has 8 nitrogen and oxygen atoms in total. The van der Waals surface area contributed by atoms with Crippen molar-refractivity contribution in [2.45, 2.75) is 6.92 Å². The van der Waals surface area contributed by atoms with Crippen LogP contribution in [0.1, 0.15) is 5.69 Å². The zero-order chi connectivity index (χ0) is 19.9. The molecule has 1 aromatic carbocycles. The maximum Gasteiger partial charge on any atom is 0.319 e. The van der Waals surface area contributed by atoms with Gasteiger partial charge in [0.2, 0.25) is 5.95 Å². The highest BCUT2D eigenvalue weighted by Gasteiger charge is 2.14. The van der Waals surface area contributed by atoms with Gasteiger partial charge in [0.15, 0.2) is 0 Å². The Bertz CT molecular complexity index is 830. The minimum absolute atomic E-state index is 0.220. The number of aryl methyl sites for hydroxylation is 1. The predicted molar refractivity (Wildman–Crippen MR) is 102 cm³/mol. The molecule has 0 bridgehead atoms. The molecule has 0 radical (unpaired) electrons. The van der Waals surface area contributed by atoms with Crippen LogP contribution < -0.4 is 20.9 Å². The van der Waals surface area contributed by atoms with Gasteiger partial charge in [0.05, 0.1) is 18.9 Å². The van der Waals surface area contributed by atoms with Crippen molar-refractivity contribution in [2.75, 3.05) is 54.9 Å². The number of carbonyl (C=O) groups excluding carboxylic acids is 1. The van der Waals surface area contributed by atoms with Crippen LogP contribution in [0.15, 0.2) is 24.3 Å². The fourth-order valence-corrected chi connectivity index (χ4v) is 2.70. The molecule has 2 aromatic rings. The van der Waals surface area contributed by atoms with Crippen LogP contribution in [0.2, 0.25) is 0 Å². The van der Waals surface area contributed by atoms with Crippen LogP contribution in [0.25, 0.3) is 0 Å². The minimum atomic E-state index is -0.710. The van der Waals surface area contributed by atoms with E-state index in [1.54, 1.807) is 0 Å². The second-order valence-corrected chi connectivity index (χ2v) is 6.22. The highest BCUT2D eigenvalue weighted by Crippen LogP contribution is 2.16. The third kappa shape index (κ3) is 5.49. The van der Waals surface area contributed by atoms with E-state index in [4.69, 9.17) is 4.74 Å². The lowest BCUT2D eigenvalue weighted by Crippen LogP contribution is -2.37. The molecule has 0 atom stereocenters. The number of aromatic nitrogens is 2. The summed E-state index contributed by atoms with van der Waals surface area (Å²) in [6.07, 6.45) is 0. The van der Waals surface area contributed by atoms with Gasteiger partial charge in [0, 0.05) is 44.0 Å². The monoisotopic (exact) mass is 392 g/mol. The van der Waals surface area contributed by atoms with E-state index >= 15 is 0 Å². The number of carbonyl (C=O) groups is 1. The number of nitrogens with one attached hydrogen (secondary N) is 3. The van der Waals surface area contributed by atoms with Crippen LogP contribution in [-0.4, -0.2) is 55.4 Å². The van der Waals surface area contributed by atoms with Gasteiger partial charge in [0.25, 0.3) is 0 Å². The van der Waals surface area contributed by atoms with Gasteiger partial charge < -0.3 is 25.6 Å². The van der Waals surface area contributed by atoms with Crippen molar-refractivity contribution in [3.05, 3.63) is 41.6 Å². The van der Waals surface area contributed by atoms with E-state index in [0.29, 0.717) is 25.7 Å². The van der Waals surface area contributed by atoms with Crippen molar-refractivity contribution in [2.24, 2.45) is 0 Å². The summed E-state index contributed by atoms with van der Waals surface area (Å²) in [6, 6.07) is 4.13. The molecule has 3 N–H and O–H groups in total. The number of hydrogen-bond acceptors (Lipinski definition) is 6. The lowest BCUT2D eigenvalue weighted by atomic mass is 10.3. The molecule has 0 unspecified atom stereocenters. The molecule has 2 heterocycles. The Balaban J connectivity index is 1.47. The summed E-state index contributed by atoms with van der Waals surface area (Å²) in [5.74, 6) is -0.0602. The van der Waals surface area contributed by atoms with Crippen molar-refractivity contribution in [1.82, 2.24) is 15.3 Å². The molecule has 0 spiro atoms. The third-order valence-electron chi connectivity index (χ3n) is 4.05. The summed E-state index contributed by atoms with van der Waals surface area (Å²) in [6.45, 7) is 5.37. The Morgan fingerprint density at radius 1 is 1.18 bits per heavy atom. The van der Waals surface area contributed by atoms with Gasteiger partial charge >= 0.3 is 6.03 Å². The molecule has 1 fully saturated rings. The summed E-state index contributed by atoms with van der Waals surface area (Å²) in [5.41, 5.74) is 0.605. The number of halogens is 2. The minimum Gasteiger partial charge on any atom is -0.378 e. The Kier molecular flexibility index (Phi) is 6.53. The SMILES string of the molecule is Cc1cc(N2CCOCC2)nc(NCCNC(=O)Nc2cc(F)ccc2F)n1. The number of hydrogen-bond donors (Lipinski definition) is 3. The Morgan fingerprint density at radius 2 is 1.96 bits per heavy atom. The average Bonchev–Trinajstić information content (AvgIpc) is 2.68. The summed E-state index contributed by atoms with van der Waals surface area (Å²) in [4.78, 5) is 22.8. The van der Waals surface area contributed by atoms with Gasteiger partial charge in [-0.2, -0.15) is 4.98 Å². The molecule has 10 heteroatoms. The smallest absolute Gasteiger partial charge is 0.319 e. The van der Waals surface area contributed by atoms with E-state index in [2.05, 4.69) is 30.8 Å². The van der Waals surface area contributed by atoms with Crippen LogP contribution in [0.5, 0.6) is 0 Å². The third-order valence-corrected chi connectivity index (χ3v) is 4.05.